The number of aromatic nitrogens is 1. The van der Waals surface area contributed by atoms with Crippen molar-refractivity contribution in [2.45, 2.75) is 12.8 Å². The molecule has 0 fully saturated rings. The molecule has 0 radical (unpaired) electrons. The first-order valence-corrected chi connectivity index (χ1v) is 7.94. The summed E-state index contributed by atoms with van der Waals surface area (Å²) < 4.78 is 1.06. The van der Waals surface area contributed by atoms with Gasteiger partial charge in [-0.3, -0.25) is 4.79 Å². The van der Waals surface area contributed by atoms with E-state index in [9.17, 15) is 4.79 Å². The molecule has 0 atom stereocenters. The fraction of sp³-hybridized carbons (Fsp3) is 0.176. The van der Waals surface area contributed by atoms with Gasteiger partial charge in [-0.25, -0.2) is 4.98 Å². The number of nitrogens with zero attached hydrogens (tertiary/aromatic N) is 2. The lowest BCUT2D eigenvalue weighted by molar-refractivity contribution is 0.0985. The lowest BCUT2D eigenvalue weighted by Crippen LogP contribution is -2.35. The van der Waals surface area contributed by atoms with Gasteiger partial charge in [0.1, 0.15) is 0 Å². The number of para-hydroxylation sites is 1. The lowest BCUT2D eigenvalue weighted by atomic mass is 10.0. The quantitative estimate of drug-likeness (QED) is 0.682. The van der Waals surface area contributed by atoms with Gasteiger partial charge in [0.15, 0.2) is 0 Å². The van der Waals surface area contributed by atoms with Gasteiger partial charge in [-0.2, -0.15) is 0 Å². The standard InChI is InChI=1S/C17H14N2OS/c20-17(13-7-8-14-16(10-13)21-11-18-14)19-9-3-5-12-4-1-2-6-15(12)19/h1-2,4,6-8,10-11H,3,5,9H2. The molecule has 2 heterocycles. The largest absolute Gasteiger partial charge is 0.308 e. The number of hydrogen-bond acceptors (Lipinski definition) is 3. The van der Waals surface area contributed by atoms with Gasteiger partial charge in [0, 0.05) is 17.8 Å². The van der Waals surface area contributed by atoms with Gasteiger partial charge in [-0.15, -0.1) is 11.3 Å². The van der Waals surface area contributed by atoms with Crippen LogP contribution in [0.5, 0.6) is 0 Å². The molecular formula is C17H14N2OS. The van der Waals surface area contributed by atoms with Gasteiger partial charge >= 0.3 is 0 Å². The molecule has 4 rings (SSSR count). The second-order valence-electron chi connectivity index (χ2n) is 5.22. The number of hydrogen-bond donors (Lipinski definition) is 0. The molecule has 3 nitrogen and oxygen atoms in total. The zero-order valence-corrected chi connectivity index (χ0v) is 12.3. The summed E-state index contributed by atoms with van der Waals surface area (Å²) in [6.45, 7) is 0.788. The molecule has 0 saturated heterocycles. The van der Waals surface area contributed by atoms with Crippen molar-refractivity contribution in [2.24, 2.45) is 0 Å². The van der Waals surface area contributed by atoms with Crippen LogP contribution in [0.2, 0.25) is 0 Å². The van der Waals surface area contributed by atoms with Crippen molar-refractivity contribution in [2.75, 3.05) is 11.4 Å². The first kappa shape index (κ1) is 12.5. The molecule has 21 heavy (non-hydrogen) atoms. The average molecular weight is 294 g/mol. The third-order valence-corrected chi connectivity index (χ3v) is 4.73. The highest BCUT2D eigenvalue weighted by molar-refractivity contribution is 7.16. The molecule has 0 unspecified atom stereocenters. The third kappa shape index (κ3) is 2.12. The van der Waals surface area contributed by atoms with Crippen molar-refractivity contribution in [3.05, 3.63) is 59.1 Å². The third-order valence-electron chi connectivity index (χ3n) is 3.93. The predicted molar refractivity (Wildman–Crippen MR) is 86.1 cm³/mol. The minimum atomic E-state index is 0.0810. The van der Waals surface area contributed by atoms with E-state index in [4.69, 9.17) is 0 Å². The lowest BCUT2D eigenvalue weighted by Gasteiger charge is -2.29. The van der Waals surface area contributed by atoms with Crippen molar-refractivity contribution in [1.82, 2.24) is 4.98 Å². The van der Waals surface area contributed by atoms with Crippen molar-refractivity contribution in [1.29, 1.82) is 0 Å². The SMILES string of the molecule is O=C(c1ccc2ncsc2c1)N1CCCc2ccccc21. The number of aryl methyl sites for hydroxylation is 1. The van der Waals surface area contributed by atoms with Crippen LogP contribution in [0.1, 0.15) is 22.3 Å². The smallest absolute Gasteiger partial charge is 0.258 e. The molecule has 2 aromatic carbocycles. The van der Waals surface area contributed by atoms with Gasteiger partial charge < -0.3 is 4.90 Å². The Hall–Kier alpha value is -2.20. The molecule has 1 amide bonds. The average Bonchev–Trinajstić information content (AvgIpc) is 3.01. The van der Waals surface area contributed by atoms with Gasteiger partial charge in [0.25, 0.3) is 5.91 Å². The van der Waals surface area contributed by atoms with E-state index in [-0.39, 0.29) is 5.91 Å². The molecule has 0 saturated carbocycles. The van der Waals surface area contributed by atoms with Crippen molar-refractivity contribution in [3.8, 4) is 0 Å². The van der Waals surface area contributed by atoms with Crippen LogP contribution in [0, 0.1) is 0 Å². The molecular weight excluding hydrogens is 280 g/mol. The minimum absolute atomic E-state index is 0.0810. The van der Waals surface area contributed by atoms with E-state index in [2.05, 4.69) is 11.1 Å². The number of fused-ring (bicyclic) bond motifs is 2. The van der Waals surface area contributed by atoms with Crippen LogP contribution in [0.25, 0.3) is 10.2 Å². The molecule has 0 aliphatic carbocycles. The fourth-order valence-corrected chi connectivity index (χ4v) is 3.60. The Morgan fingerprint density at radius 1 is 1.19 bits per heavy atom. The van der Waals surface area contributed by atoms with Crippen molar-refractivity contribution >= 4 is 33.1 Å². The van der Waals surface area contributed by atoms with E-state index >= 15 is 0 Å². The zero-order chi connectivity index (χ0) is 14.2. The molecule has 4 heteroatoms. The van der Waals surface area contributed by atoms with E-state index in [0.717, 1.165) is 40.9 Å². The first-order valence-electron chi connectivity index (χ1n) is 7.06. The zero-order valence-electron chi connectivity index (χ0n) is 11.5. The number of benzene rings is 2. The molecule has 0 N–H and O–H groups in total. The summed E-state index contributed by atoms with van der Waals surface area (Å²) in [6.07, 6.45) is 2.07. The maximum atomic E-state index is 12.8. The summed E-state index contributed by atoms with van der Waals surface area (Å²) in [7, 11) is 0. The van der Waals surface area contributed by atoms with Gasteiger partial charge in [-0.1, -0.05) is 18.2 Å². The number of thiazole rings is 1. The highest BCUT2D eigenvalue weighted by atomic mass is 32.1. The van der Waals surface area contributed by atoms with Crippen LogP contribution in [-0.4, -0.2) is 17.4 Å². The first-order chi connectivity index (χ1) is 10.3. The second kappa shape index (κ2) is 4.97. The van der Waals surface area contributed by atoms with Crippen LogP contribution >= 0.6 is 11.3 Å². The maximum absolute atomic E-state index is 12.8. The predicted octanol–water partition coefficient (Wildman–Crippen LogP) is 3.89. The Balaban J connectivity index is 1.75. The van der Waals surface area contributed by atoms with Gasteiger partial charge in [-0.05, 0) is 42.7 Å². The van der Waals surface area contributed by atoms with Crippen LogP contribution in [0.15, 0.2) is 48.0 Å². The van der Waals surface area contributed by atoms with Gasteiger partial charge in [0.2, 0.25) is 0 Å². The van der Waals surface area contributed by atoms with Crippen LogP contribution in [-0.2, 0) is 6.42 Å². The van der Waals surface area contributed by atoms with E-state index in [1.165, 1.54) is 5.56 Å². The summed E-state index contributed by atoms with van der Waals surface area (Å²) >= 11 is 1.57. The number of carbonyl (C=O) groups is 1. The molecule has 0 bridgehead atoms. The second-order valence-corrected chi connectivity index (χ2v) is 6.11. The molecule has 1 aliphatic rings. The Bertz CT molecular complexity index is 824. The molecule has 0 spiro atoms. The Morgan fingerprint density at radius 3 is 3.05 bits per heavy atom. The number of anilines is 1. The van der Waals surface area contributed by atoms with E-state index in [0.29, 0.717) is 0 Å². The number of rotatable bonds is 1. The van der Waals surface area contributed by atoms with Crippen LogP contribution < -0.4 is 4.90 Å². The monoisotopic (exact) mass is 294 g/mol. The summed E-state index contributed by atoms with van der Waals surface area (Å²) in [5.41, 5.74) is 5.82. The fourth-order valence-electron chi connectivity index (χ4n) is 2.89. The summed E-state index contributed by atoms with van der Waals surface area (Å²) in [6, 6.07) is 13.9. The summed E-state index contributed by atoms with van der Waals surface area (Å²) in [5, 5.41) is 0. The Labute approximate surface area is 126 Å². The van der Waals surface area contributed by atoms with E-state index in [1.54, 1.807) is 11.3 Å². The minimum Gasteiger partial charge on any atom is -0.308 e. The molecule has 3 aromatic rings. The van der Waals surface area contributed by atoms with E-state index in [1.807, 2.05) is 46.8 Å². The van der Waals surface area contributed by atoms with Crippen LogP contribution in [0.4, 0.5) is 5.69 Å². The number of carbonyl (C=O) groups excluding carboxylic acids is 1. The Morgan fingerprint density at radius 2 is 2.10 bits per heavy atom. The highest BCUT2D eigenvalue weighted by Gasteiger charge is 2.23. The summed E-state index contributed by atoms with van der Waals surface area (Å²) in [4.78, 5) is 19.0. The highest BCUT2D eigenvalue weighted by Crippen LogP contribution is 2.29. The number of amides is 1. The topological polar surface area (TPSA) is 33.2 Å². The molecule has 1 aromatic heterocycles. The van der Waals surface area contributed by atoms with Gasteiger partial charge in [0.05, 0.1) is 15.7 Å². The Kier molecular flexibility index (Phi) is 2.97. The van der Waals surface area contributed by atoms with Crippen LogP contribution in [0.3, 0.4) is 0 Å². The molecule has 1 aliphatic heterocycles. The maximum Gasteiger partial charge on any atom is 0.258 e. The van der Waals surface area contributed by atoms with E-state index < -0.39 is 0 Å². The van der Waals surface area contributed by atoms with Crippen molar-refractivity contribution < 1.29 is 4.79 Å². The van der Waals surface area contributed by atoms with Crippen molar-refractivity contribution in [3.63, 3.8) is 0 Å². The normalized spacial score (nSPS) is 14.2. The molecule has 104 valence electrons. The summed E-state index contributed by atoms with van der Waals surface area (Å²) in [5.74, 6) is 0.0810.